The molecule has 0 aliphatic carbocycles. The smallest absolute Gasteiger partial charge is 0.119 e. The van der Waals surface area contributed by atoms with Crippen LogP contribution in [0.2, 0.25) is 0 Å². The minimum Gasteiger partial charge on any atom is -0.508 e. The Morgan fingerprint density at radius 1 is 1.00 bits per heavy atom. The van der Waals surface area contributed by atoms with Crippen molar-refractivity contribution in [2.75, 3.05) is 6.54 Å². The van der Waals surface area contributed by atoms with E-state index >= 15 is 0 Å². The van der Waals surface area contributed by atoms with Crippen molar-refractivity contribution in [2.24, 2.45) is 5.92 Å². The van der Waals surface area contributed by atoms with Gasteiger partial charge in [0.25, 0.3) is 0 Å². The molecule has 1 rings (SSSR count). The molecule has 0 aliphatic rings. The standard InChI is InChI=1S/C15H25NO2/c1-11(2)6-4-5-7-16-12(3)13-8-14(17)10-15(18)9-13/h8-12,16-18H,4-7H2,1-3H3. The van der Waals surface area contributed by atoms with Crippen LogP contribution in [0.4, 0.5) is 0 Å². The number of phenols is 2. The molecular weight excluding hydrogens is 226 g/mol. The Morgan fingerprint density at radius 2 is 1.61 bits per heavy atom. The van der Waals surface area contributed by atoms with Crippen LogP contribution in [0.5, 0.6) is 11.5 Å². The second kappa shape index (κ2) is 7.27. The summed E-state index contributed by atoms with van der Waals surface area (Å²) in [6.07, 6.45) is 3.67. The third-order valence-electron chi connectivity index (χ3n) is 3.08. The Morgan fingerprint density at radius 3 is 2.17 bits per heavy atom. The number of benzene rings is 1. The molecule has 18 heavy (non-hydrogen) atoms. The van der Waals surface area contributed by atoms with E-state index in [4.69, 9.17) is 0 Å². The lowest BCUT2D eigenvalue weighted by atomic mass is 10.1. The lowest BCUT2D eigenvalue weighted by Gasteiger charge is -2.15. The van der Waals surface area contributed by atoms with Crippen LogP contribution in [0.25, 0.3) is 0 Å². The van der Waals surface area contributed by atoms with Gasteiger partial charge in [-0.15, -0.1) is 0 Å². The Kier molecular flexibility index (Phi) is 5.99. The van der Waals surface area contributed by atoms with Crippen molar-refractivity contribution < 1.29 is 10.2 Å². The van der Waals surface area contributed by atoms with E-state index in [0.717, 1.165) is 24.4 Å². The first-order chi connectivity index (χ1) is 8.49. The predicted molar refractivity (Wildman–Crippen MR) is 74.9 cm³/mol. The molecule has 0 saturated carbocycles. The van der Waals surface area contributed by atoms with Gasteiger partial charge in [-0.05, 0) is 43.5 Å². The Hall–Kier alpha value is -1.22. The number of unbranched alkanes of at least 4 members (excludes halogenated alkanes) is 1. The van der Waals surface area contributed by atoms with Gasteiger partial charge in [-0.1, -0.05) is 26.7 Å². The minimum atomic E-state index is 0.110. The highest BCUT2D eigenvalue weighted by Crippen LogP contribution is 2.24. The number of rotatable bonds is 7. The van der Waals surface area contributed by atoms with Crippen molar-refractivity contribution in [2.45, 2.75) is 46.1 Å². The highest BCUT2D eigenvalue weighted by atomic mass is 16.3. The average molecular weight is 251 g/mol. The molecule has 0 aromatic heterocycles. The predicted octanol–water partition coefficient (Wildman–Crippen LogP) is 3.57. The summed E-state index contributed by atoms with van der Waals surface area (Å²) >= 11 is 0. The highest BCUT2D eigenvalue weighted by Gasteiger charge is 2.07. The summed E-state index contributed by atoms with van der Waals surface area (Å²) in [6.45, 7) is 7.48. The van der Waals surface area contributed by atoms with Crippen LogP contribution < -0.4 is 5.32 Å². The summed E-state index contributed by atoms with van der Waals surface area (Å²) in [5.74, 6) is 0.988. The lowest BCUT2D eigenvalue weighted by molar-refractivity contribution is 0.445. The first-order valence-corrected chi connectivity index (χ1v) is 6.75. The van der Waals surface area contributed by atoms with E-state index < -0.39 is 0 Å². The summed E-state index contributed by atoms with van der Waals surface area (Å²) in [4.78, 5) is 0. The second-order valence-corrected chi connectivity index (χ2v) is 5.35. The number of nitrogens with one attached hydrogen (secondary N) is 1. The molecule has 102 valence electrons. The molecule has 1 unspecified atom stereocenters. The van der Waals surface area contributed by atoms with Crippen LogP contribution in [0, 0.1) is 5.92 Å². The Bertz CT molecular complexity index is 343. The maximum atomic E-state index is 9.43. The summed E-state index contributed by atoms with van der Waals surface area (Å²) in [5.41, 5.74) is 0.913. The molecule has 1 atom stereocenters. The van der Waals surface area contributed by atoms with Gasteiger partial charge in [-0.25, -0.2) is 0 Å². The van der Waals surface area contributed by atoms with Crippen LogP contribution >= 0.6 is 0 Å². The van der Waals surface area contributed by atoms with Gasteiger partial charge >= 0.3 is 0 Å². The highest BCUT2D eigenvalue weighted by molar-refractivity contribution is 5.37. The largest absolute Gasteiger partial charge is 0.508 e. The molecule has 3 N–H and O–H groups in total. The maximum absolute atomic E-state index is 9.43. The van der Waals surface area contributed by atoms with Crippen molar-refractivity contribution in [1.29, 1.82) is 0 Å². The van der Waals surface area contributed by atoms with Crippen LogP contribution in [0.3, 0.4) is 0 Å². The van der Waals surface area contributed by atoms with Crippen LogP contribution in [0.1, 0.15) is 51.6 Å². The zero-order valence-electron chi connectivity index (χ0n) is 11.6. The Balaban J connectivity index is 2.34. The summed E-state index contributed by atoms with van der Waals surface area (Å²) in [7, 11) is 0. The fraction of sp³-hybridized carbons (Fsp3) is 0.600. The summed E-state index contributed by atoms with van der Waals surface area (Å²) in [5, 5.41) is 22.3. The number of hydrogen-bond donors (Lipinski definition) is 3. The van der Waals surface area contributed by atoms with Gasteiger partial charge in [0.05, 0.1) is 0 Å². The topological polar surface area (TPSA) is 52.5 Å². The molecule has 3 nitrogen and oxygen atoms in total. The van der Waals surface area contributed by atoms with E-state index in [1.807, 2.05) is 6.92 Å². The van der Waals surface area contributed by atoms with Crippen molar-refractivity contribution >= 4 is 0 Å². The molecule has 0 radical (unpaired) electrons. The number of phenolic OH excluding ortho intramolecular Hbond substituents is 2. The first-order valence-electron chi connectivity index (χ1n) is 6.75. The van der Waals surface area contributed by atoms with Crippen molar-refractivity contribution in [3.8, 4) is 11.5 Å². The molecule has 1 aromatic rings. The quantitative estimate of drug-likeness (QED) is 0.649. The molecule has 0 heterocycles. The van der Waals surface area contributed by atoms with Gasteiger partial charge in [-0.2, -0.15) is 0 Å². The van der Waals surface area contributed by atoms with Gasteiger partial charge in [0, 0.05) is 12.1 Å². The molecule has 0 aliphatic heterocycles. The second-order valence-electron chi connectivity index (χ2n) is 5.35. The SMILES string of the molecule is CC(C)CCCCNC(C)c1cc(O)cc(O)c1. The molecule has 0 saturated heterocycles. The fourth-order valence-corrected chi connectivity index (χ4v) is 1.98. The number of hydrogen-bond acceptors (Lipinski definition) is 3. The monoisotopic (exact) mass is 251 g/mol. The summed E-state index contributed by atoms with van der Waals surface area (Å²) < 4.78 is 0. The normalized spacial score (nSPS) is 12.9. The first kappa shape index (κ1) is 14.8. The zero-order chi connectivity index (χ0) is 13.5. The molecule has 0 amide bonds. The van der Waals surface area contributed by atoms with E-state index in [2.05, 4.69) is 19.2 Å². The lowest BCUT2D eigenvalue weighted by Crippen LogP contribution is -2.19. The number of aromatic hydroxyl groups is 2. The van der Waals surface area contributed by atoms with E-state index in [-0.39, 0.29) is 17.5 Å². The molecule has 0 fully saturated rings. The third-order valence-corrected chi connectivity index (χ3v) is 3.08. The molecule has 0 bridgehead atoms. The van der Waals surface area contributed by atoms with Crippen LogP contribution in [-0.4, -0.2) is 16.8 Å². The van der Waals surface area contributed by atoms with Crippen molar-refractivity contribution in [3.63, 3.8) is 0 Å². The molecular formula is C15H25NO2. The van der Waals surface area contributed by atoms with Gasteiger partial charge in [0.2, 0.25) is 0 Å². The van der Waals surface area contributed by atoms with E-state index in [1.54, 1.807) is 12.1 Å². The van der Waals surface area contributed by atoms with Crippen LogP contribution in [0.15, 0.2) is 18.2 Å². The molecule has 3 heteroatoms. The van der Waals surface area contributed by atoms with Crippen molar-refractivity contribution in [3.05, 3.63) is 23.8 Å². The zero-order valence-corrected chi connectivity index (χ0v) is 11.6. The van der Waals surface area contributed by atoms with Gasteiger partial charge in [0.1, 0.15) is 11.5 Å². The van der Waals surface area contributed by atoms with E-state index in [1.165, 1.54) is 18.9 Å². The van der Waals surface area contributed by atoms with Crippen LogP contribution in [-0.2, 0) is 0 Å². The molecule has 1 aromatic carbocycles. The molecule has 0 spiro atoms. The van der Waals surface area contributed by atoms with Crippen molar-refractivity contribution in [1.82, 2.24) is 5.32 Å². The maximum Gasteiger partial charge on any atom is 0.119 e. The van der Waals surface area contributed by atoms with Gasteiger partial charge in [-0.3, -0.25) is 0 Å². The van der Waals surface area contributed by atoms with Gasteiger partial charge < -0.3 is 15.5 Å². The summed E-state index contributed by atoms with van der Waals surface area (Å²) in [6, 6.07) is 4.86. The van der Waals surface area contributed by atoms with Gasteiger partial charge in [0.15, 0.2) is 0 Å². The van der Waals surface area contributed by atoms with E-state index in [9.17, 15) is 10.2 Å². The Labute approximate surface area is 110 Å². The minimum absolute atomic E-state index is 0.110. The third kappa shape index (κ3) is 5.41. The fourth-order valence-electron chi connectivity index (χ4n) is 1.98. The van der Waals surface area contributed by atoms with E-state index in [0.29, 0.717) is 0 Å². The average Bonchev–Trinajstić information content (AvgIpc) is 2.26.